The molecule has 0 bridgehead atoms. The van der Waals surface area contributed by atoms with Crippen LogP contribution in [0.25, 0.3) is 0 Å². The second kappa shape index (κ2) is 9.01. The standard InChI is InChI=1S/C23H25N5O/c1-16(2)28(3)20-14-12-19(13-15-20)27-26-18-10-8-17(9-11-18)23(29)25-22-7-5-4-6-21(22)24/h4-16H,24H2,1-3H3,(H,25,29). The Morgan fingerprint density at radius 3 is 2.00 bits per heavy atom. The fourth-order valence-corrected chi connectivity index (χ4v) is 2.65. The highest BCUT2D eigenvalue weighted by molar-refractivity contribution is 6.05. The number of benzene rings is 3. The minimum Gasteiger partial charge on any atom is -0.397 e. The number of hydrogen-bond donors (Lipinski definition) is 2. The zero-order chi connectivity index (χ0) is 20.8. The Kier molecular flexibility index (Phi) is 6.24. The molecule has 0 unspecified atom stereocenters. The second-order valence-electron chi connectivity index (χ2n) is 7.01. The molecule has 3 rings (SSSR count). The Labute approximate surface area is 171 Å². The molecule has 0 aromatic heterocycles. The molecule has 0 atom stereocenters. The first-order chi connectivity index (χ1) is 13.9. The summed E-state index contributed by atoms with van der Waals surface area (Å²) < 4.78 is 0. The van der Waals surface area contributed by atoms with Crippen molar-refractivity contribution in [3.63, 3.8) is 0 Å². The van der Waals surface area contributed by atoms with E-state index in [2.05, 4.69) is 41.3 Å². The Morgan fingerprint density at radius 1 is 0.897 bits per heavy atom. The number of nitrogens with two attached hydrogens (primary N) is 1. The molecule has 148 valence electrons. The van der Waals surface area contributed by atoms with Crippen molar-refractivity contribution < 1.29 is 4.79 Å². The second-order valence-corrected chi connectivity index (χ2v) is 7.01. The molecule has 6 nitrogen and oxygen atoms in total. The predicted molar refractivity (Wildman–Crippen MR) is 119 cm³/mol. The highest BCUT2D eigenvalue weighted by atomic mass is 16.1. The molecule has 0 fully saturated rings. The van der Waals surface area contributed by atoms with E-state index < -0.39 is 0 Å². The number of azo groups is 1. The molecule has 0 aliphatic carbocycles. The van der Waals surface area contributed by atoms with Gasteiger partial charge in [-0.1, -0.05) is 12.1 Å². The number of nitrogens with one attached hydrogen (secondary N) is 1. The lowest BCUT2D eigenvalue weighted by atomic mass is 10.2. The maximum atomic E-state index is 12.4. The van der Waals surface area contributed by atoms with Crippen LogP contribution < -0.4 is 16.0 Å². The third-order valence-electron chi connectivity index (χ3n) is 4.65. The molecular formula is C23H25N5O. The monoisotopic (exact) mass is 387 g/mol. The molecule has 0 saturated heterocycles. The normalized spacial score (nSPS) is 11.0. The van der Waals surface area contributed by atoms with Crippen LogP contribution in [0, 0.1) is 0 Å². The van der Waals surface area contributed by atoms with Crippen molar-refractivity contribution in [3.8, 4) is 0 Å². The summed E-state index contributed by atoms with van der Waals surface area (Å²) in [6, 6.07) is 22.4. The number of rotatable bonds is 6. The number of para-hydroxylation sites is 2. The lowest BCUT2D eigenvalue weighted by Crippen LogP contribution is -2.25. The van der Waals surface area contributed by atoms with E-state index in [1.807, 2.05) is 36.4 Å². The van der Waals surface area contributed by atoms with Gasteiger partial charge in [0, 0.05) is 24.3 Å². The van der Waals surface area contributed by atoms with Crippen molar-refractivity contribution in [2.45, 2.75) is 19.9 Å². The van der Waals surface area contributed by atoms with Crippen LogP contribution in [0.2, 0.25) is 0 Å². The van der Waals surface area contributed by atoms with E-state index in [4.69, 9.17) is 5.73 Å². The van der Waals surface area contributed by atoms with Crippen LogP contribution in [-0.2, 0) is 0 Å². The number of carbonyl (C=O) groups excluding carboxylic acids is 1. The topological polar surface area (TPSA) is 83.1 Å². The molecule has 3 N–H and O–H groups in total. The first-order valence-corrected chi connectivity index (χ1v) is 9.44. The van der Waals surface area contributed by atoms with Gasteiger partial charge in [-0.05, 0) is 74.5 Å². The fourth-order valence-electron chi connectivity index (χ4n) is 2.65. The van der Waals surface area contributed by atoms with Gasteiger partial charge in [0.05, 0.1) is 22.7 Å². The summed E-state index contributed by atoms with van der Waals surface area (Å²) in [5, 5.41) is 11.3. The average molecular weight is 387 g/mol. The van der Waals surface area contributed by atoms with E-state index in [0.717, 1.165) is 11.4 Å². The van der Waals surface area contributed by atoms with Gasteiger partial charge in [0.25, 0.3) is 5.91 Å². The summed E-state index contributed by atoms with van der Waals surface area (Å²) in [7, 11) is 2.06. The summed E-state index contributed by atoms with van der Waals surface area (Å²) in [6.07, 6.45) is 0. The minimum absolute atomic E-state index is 0.226. The van der Waals surface area contributed by atoms with Crippen molar-refractivity contribution in [1.29, 1.82) is 0 Å². The van der Waals surface area contributed by atoms with Crippen molar-refractivity contribution in [2.75, 3.05) is 23.0 Å². The summed E-state index contributed by atoms with van der Waals surface area (Å²) in [5.41, 5.74) is 10.1. The van der Waals surface area contributed by atoms with Gasteiger partial charge in [-0.15, -0.1) is 0 Å². The zero-order valence-electron chi connectivity index (χ0n) is 16.8. The number of amides is 1. The molecule has 29 heavy (non-hydrogen) atoms. The molecule has 0 aliphatic heterocycles. The lowest BCUT2D eigenvalue weighted by Gasteiger charge is -2.23. The number of nitrogens with zero attached hydrogens (tertiary/aromatic N) is 3. The summed E-state index contributed by atoms with van der Waals surface area (Å²) in [4.78, 5) is 14.6. The molecular weight excluding hydrogens is 362 g/mol. The van der Waals surface area contributed by atoms with Crippen LogP contribution in [0.1, 0.15) is 24.2 Å². The third kappa shape index (κ3) is 5.19. The quantitative estimate of drug-likeness (QED) is 0.415. The highest BCUT2D eigenvalue weighted by Gasteiger charge is 2.08. The number of anilines is 3. The van der Waals surface area contributed by atoms with Crippen molar-refractivity contribution >= 4 is 34.3 Å². The van der Waals surface area contributed by atoms with Crippen LogP contribution in [0.3, 0.4) is 0 Å². The minimum atomic E-state index is -0.226. The molecule has 3 aromatic carbocycles. The fraction of sp³-hybridized carbons (Fsp3) is 0.174. The van der Waals surface area contributed by atoms with E-state index in [-0.39, 0.29) is 5.91 Å². The van der Waals surface area contributed by atoms with Gasteiger partial charge >= 0.3 is 0 Å². The molecule has 0 aliphatic rings. The first kappa shape index (κ1) is 20.1. The smallest absolute Gasteiger partial charge is 0.255 e. The first-order valence-electron chi connectivity index (χ1n) is 9.44. The molecule has 0 heterocycles. The SMILES string of the molecule is CC(C)N(C)c1ccc(N=Nc2ccc(C(=O)Nc3ccccc3N)cc2)cc1. The van der Waals surface area contributed by atoms with Gasteiger partial charge < -0.3 is 16.0 Å². The Bertz CT molecular complexity index is 995. The lowest BCUT2D eigenvalue weighted by molar-refractivity contribution is 0.102. The summed E-state index contributed by atoms with van der Waals surface area (Å²) in [6.45, 7) is 4.29. The molecule has 0 saturated carbocycles. The highest BCUT2D eigenvalue weighted by Crippen LogP contribution is 2.23. The predicted octanol–water partition coefficient (Wildman–Crippen LogP) is 5.78. The van der Waals surface area contributed by atoms with Crippen LogP contribution in [0.15, 0.2) is 83.0 Å². The van der Waals surface area contributed by atoms with Crippen molar-refractivity contribution in [3.05, 3.63) is 78.4 Å². The molecule has 0 radical (unpaired) electrons. The van der Waals surface area contributed by atoms with Crippen LogP contribution in [0.5, 0.6) is 0 Å². The van der Waals surface area contributed by atoms with Gasteiger partial charge in [0.15, 0.2) is 0 Å². The van der Waals surface area contributed by atoms with Gasteiger partial charge in [-0.2, -0.15) is 10.2 Å². The van der Waals surface area contributed by atoms with E-state index >= 15 is 0 Å². The Morgan fingerprint density at radius 2 is 1.45 bits per heavy atom. The van der Waals surface area contributed by atoms with Gasteiger partial charge in [0.1, 0.15) is 0 Å². The number of nitrogen functional groups attached to an aromatic ring is 1. The Hall–Kier alpha value is -3.67. The van der Waals surface area contributed by atoms with E-state index in [1.54, 1.807) is 36.4 Å². The molecule has 3 aromatic rings. The Balaban J connectivity index is 1.64. The number of carbonyl (C=O) groups is 1. The molecule has 0 spiro atoms. The summed E-state index contributed by atoms with van der Waals surface area (Å²) in [5.74, 6) is -0.226. The third-order valence-corrected chi connectivity index (χ3v) is 4.65. The largest absolute Gasteiger partial charge is 0.397 e. The molecule has 1 amide bonds. The van der Waals surface area contributed by atoms with Gasteiger partial charge in [-0.3, -0.25) is 4.79 Å². The zero-order valence-corrected chi connectivity index (χ0v) is 16.8. The van der Waals surface area contributed by atoms with Crippen molar-refractivity contribution in [1.82, 2.24) is 0 Å². The van der Waals surface area contributed by atoms with Crippen molar-refractivity contribution in [2.24, 2.45) is 10.2 Å². The van der Waals surface area contributed by atoms with E-state index in [1.165, 1.54) is 0 Å². The van der Waals surface area contributed by atoms with Gasteiger partial charge in [-0.25, -0.2) is 0 Å². The maximum Gasteiger partial charge on any atom is 0.255 e. The summed E-state index contributed by atoms with van der Waals surface area (Å²) >= 11 is 0. The van der Waals surface area contributed by atoms with Gasteiger partial charge in [0.2, 0.25) is 0 Å². The van der Waals surface area contributed by atoms with Crippen LogP contribution >= 0.6 is 0 Å². The number of hydrogen-bond acceptors (Lipinski definition) is 5. The van der Waals surface area contributed by atoms with Crippen LogP contribution in [-0.4, -0.2) is 19.0 Å². The van der Waals surface area contributed by atoms with Crippen LogP contribution in [0.4, 0.5) is 28.4 Å². The van der Waals surface area contributed by atoms with E-state index in [0.29, 0.717) is 28.7 Å². The molecule has 6 heteroatoms. The van der Waals surface area contributed by atoms with E-state index in [9.17, 15) is 4.79 Å². The average Bonchev–Trinajstić information content (AvgIpc) is 2.74. The maximum absolute atomic E-state index is 12.4.